The van der Waals surface area contributed by atoms with E-state index in [0.29, 0.717) is 57.3 Å². The average molecular weight is 321 g/mol. The molecule has 0 aliphatic rings. The Morgan fingerprint density at radius 1 is 0.818 bits per heavy atom. The van der Waals surface area contributed by atoms with Crippen molar-refractivity contribution in [1.29, 1.82) is 0 Å². The van der Waals surface area contributed by atoms with Gasteiger partial charge in [0.15, 0.2) is 0 Å². The van der Waals surface area contributed by atoms with Gasteiger partial charge in [-0.25, -0.2) is 0 Å². The van der Waals surface area contributed by atoms with Gasteiger partial charge in [-0.3, -0.25) is 0 Å². The minimum absolute atomic E-state index is 0.0147. The fourth-order valence-corrected chi connectivity index (χ4v) is 1.65. The van der Waals surface area contributed by atoms with Crippen LogP contribution in [0.25, 0.3) is 0 Å². The van der Waals surface area contributed by atoms with Crippen LogP contribution in [0.5, 0.6) is 0 Å². The van der Waals surface area contributed by atoms with Gasteiger partial charge in [-0.15, -0.1) is 0 Å². The number of carbonyl (C=O) groups is 1. The van der Waals surface area contributed by atoms with Gasteiger partial charge < -0.3 is 33.3 Å². The Kier molecular flexibility index (Phi) is 13.4. The molecule has 0 rings (SSSR count). The predicted octanol–water partition coefficient (Wildman–Crippen LogP) is -0.711. The molecule has 0 aromatic heterocycles. The topological polar surface area (TPSA) is 77.0 Å². The lowest BCUT2D eigenvalue weighted by atomic mass is 10.4. The zero-order chi connectivity index (χ0) is 16.7. The minimum atomic E-state index is -1.05. The second kappa shape index (κ2) is 13.9. The van der Waals surface area contributed by atoms with Gasteiger partial charge in [-0.2, -0.15) is 0 Å². The first-order valence-corrected chi connectivity index (χ1v) is 7.81. The Hall–Kier alpha value is -0.730. The van der Waals surface area contributed by atoms with E-state index in [4.69, 9.17) is 18.9 Å². The van der Waals surface area contributed by atoms with E-state index in [2.05, 4.69) is 6.92 Å². The number of carbonyl (C=O) groups excluding carboxylic acids is 1. The highest BCUT2D eigenvalue weighted by Gasteiger charge is 2.14. The van der Waals surface area contributed by atoms with Gasteiger partial charge in [0.1, 0.15) is 13.1 Å². The summed E-state index contributed by atoms with van der Waals surface area (Å²) in [4.78, 5) is 10.5. The van der Waals surface area contributed by atoms with E-state index in [9.17, 15) is 9.90 Å². The van der Waals surface area contributed by atoms with Crippen molar-refractivity contribution in [1.82, 2.24) is 0 Å². The van der Waals surface area contributed by atoms with Crippen LogP contribution in [-0.2, 0) is 23.7 Å². The summed E-state index contributed by atoms with van der Waals surface area (Å²) in [5.74, 6) is -1.05. The van der Waals surface area contributed by atoms with Crippen molar-refractivity contribution in [3.05, 3.63) is 0 Å². The van der Waals surface area contributed by atoms with Gasteiger partial charge in [0, 0.05) is 6.61 Å². The molecule has 7 heteroatoms. The van der Waals surface area contributed by atoms with Crippen LogP contribution >= 0.6 is 0 Å². The van der Waals surface area contributed by atoms with E-state index in [0.717, 1.165) is 13.0 Å². The highest BCUT2D eigenvalue weighted by Crippen LogP contribution is 1.95. The normalized spacial score (nSPS) is 11.8. The second-order valence-corrected chi connectivity index (χ2v) is 5.64. The molecule has 0 fully saturated rings. The summed E-state index contributed by atoms with van der Waals surface area (Å²) < 4.78 is 21.7. The summed E-state index contributed by atoms with van der Waals surface area (Å²) in [5, 5.41) is 10.5. The maximum absolute atomic E-state index is 10.5. The molecule has 0 aromatic rings. The molecule has 7 nitrogen and oxygen atoms in total. The molecule has 0 aliphatic heterocycles. The molecule has 0 bridgehead atoms. The van der Waals surface area contributed by atoms with Gasteiger partial charge >= 0.3 is 0 Å². The lowest BCUT2D eigenvalue weighted by molar-refractivity contribution is -0.885. The zero-order valence-corrected chi connectivity index (χ0v) is 14.2. The standard InChI is InChI=1S/C15H31NO6/c1-4-6-19-8-10-21-12-13-22-11-9-20-7-5-16(2,3)14-15(17)18/h4-14H2,1-3H3. The first-order chi connectivity index (χ1) is 10.5. The first kappa shape index (κ1) is 21.3. The Bertz CT molecular complexity index is 273. The number of carboxylic acids is 1. The minimum Gasteiger partial charge on any atom is -0.544 e. The van der Waals surface area contributed by atoms with Crippen LogP contribution in [0.2, 0.25) is 0 Å². The maximum Gasteiger partial charge on any atom is 0.119 e. The Labute approximate surface area is 133 Å². The number of hydrogen-bond donors (Lipinski definition) is 0. The summed E-state index contributed by atoms with van der Waals surface area (Å²) in [6.07, 6.45) is 1.02. The third-order valence-corrected chi connectivity index (χ3v) is 2.86. The molecule has 0 saturated carbocycles. The molecule has 0 spiro atoms. The number of likely N-dealkylation sites (N-methyl/N-ethyl adjacent to an activating group) is 1. The molecule has 0 N–H and O–H groups in total. The van der Waals surface area contributed by atoms with E-state index in [1.807, 2.05) is 14.1 Å². The molecule has 0 heterocycles. The summed E-state index contributed by atoms with van der Waals surface area (Å²) in [6, 6.07) is 0. The molecule has 0 saturated heterocycles. The Balaban J connectivity index is 3.22. The largest absolute Gasteiger partial charge is 0.544 e. The predicted molar refractivity (Wildman–Crippen MR) is 80.4 cm³/mol. The van der Waals surface area contributed by atoms with Crippen molar-refractivity contribution in [2.24, 2.45) is 0 Å². The van der Waals surface area contributed by atoms with E-state index in [1.165, 1.54) is 0 Å². The van der Waals surface area contributed by atoms with Crippen LogP contribution in [0.1, 0.15) is 13.3 Å². The highest BCUT2D eigenvalue weighted by molar-refractivity contribution is 5.65. The molecule has 22 heavy (non-hydrogen) atoms. The molecular formula is C15H31NO6. The fourth-order valence-electron chi connectivity index (χ4n) is 1.65. The van der Waals surface area contributed by atoms with E-state index in [-0.39, 0.29) is 6.54 Å². The second-order valence-electron chi connectivity index (χ2n) is 5.64. The van der Waals surface area contributed by atoms with E-state index >= 15 is 0 Å². The Morgan fingerprint density at radius 2 is 1.23 bits per heavy atom. The van der Waals surface area contributed by atoms with Crippen molar-refractivity contribution < 1.29 is 33.3 Å². The van der Waals surface area contributed by atoms with Crippen LogP contribution in [0, 0.1) is 0 Å². The molecule has 0 radical (unpaired) electrons. The van der Waals surface area contributed by atoms with Gasteiger partial charge in [-0.1, -0.05) is 6.92 Å². The zero-order valence-electron chi connectivity index (χ0n) is 14.2. The van der Waals surface area contributed by atoms with Crippen LogP contribution in [0.3, 0.4) is 0 Å². The van der Waals surface area contributed by atoms with Crippen molar-refractivity contribution in [2.75, 3.05) is 80.0 Å². The average Bonchev–Trinajstić information content (AvgIpc) is 2.42. The number of rotatable bonds is 16. The molecule has 0 amide bonds. The third kappa shape index (κ3) is 15.7. The number of carboxylic acid groups (broad SMARTS) is 1. The fraction of sp³-hybridized carbons (Fsp3) is 0.933. The number of nitrogens with zero attached hydrogens (tertiary/aromatic N) is 1. The number of aliphatic carboxylic acids is 1. The molecule has 0 aliphatic carbocycles. The van der Waals surface area contributed by atoms with Crippen molar-refractivity contribution in [2.45, 2.75) is 13.3 Å². The Morgan fingerprint density at radius 3 is 1.64 bits per heavy atom. The summed E-state index contributed by atoms with van der Waals surface area (Å²) in [6.45, 7) is 7.23. The number of quaternary nitrogens is 1. The molecule has 0 unspecified atom stereocenters. The molecule has 0 atom stereocenters. The van der Waals surface area contributed by atoms with Crippen molar-refractivity contribution in [3.63, 3.8) is 0 Å². The lowest BCUT2D eigenvalue weighted by Crippen LogP contribution is -2.49. The molecule has 0 aromatic carbocycles. The van der Waals surface area contributed by atoms with Gasteiger partial charge in [-0.05, 0) is 6.42 Å². The quantitative estimate of drug-likeness (QED) is 0.276. The summed E-state index contributed by atoms with van der Waals surface area (Å²) in [7, 11) is 3.66. The van der Waals surface area contributed by atoms with E-state index in [1.54, 1.807) is 0 Å². The summed E-state index contributed by atoms with van der Waals surface area (Å²) >= 11 is 0. The van der Waals surface area contributed by atoms with Crippen LogP contribution in [-0.4, -0.2) is 90.5 Å². The molecular weight excluding hydrogens is 290 g/mol. The van der Waals surface area contributed by atoms with Crippen LogP contribution < -0.4 is 5.11 Å². The highest BCUT2D eigenvalue weighted by atomic mass is 16.6. The van der Waals surface area contributed by atoms with Gasteiger partial charge in [0.05, 0.1) is 66.3 Å². The monoisotopic (exact) mass is 321 g/mol. The number of ether oxygens (including phenoxy) is 4. The lowest BCUT2D eigenvalue weighted by Gasteiger charge is -2.29. The maximum atomic E-state index is 10.5. The SMILES string of the molecule is CCCOCCOCCOCCOCC[N+](C)(C)CC(=O)[O-]. The van der Waals surface area contributed by atoms with Crippen molar-refractivity contribution in [3.8, 4) is 0 Å². The smallest absolute Gasteiger partial charge is 0.119 e. The first-order valence-electron chi connectivity index (χ1n) is 7.81. The molecule has 132 valence electrons. The van der Waals surface area contributed by atoms with Gasteiger partial charge in [0.2, 0.25) is 0 Å². The van der Waals surface area contributed by atoms with Crippen LogP contribution in [0.4, 0.5) is 0 Å². The van der Waals surface area contributed by atoms with Crippen LogP contribution in [0.15, 0.2) is 0 Å². The van der Waals surface area contributed by atoms with E-state index < -0.39 is 5.97 Å². The van der Waals surface area contributed by atoms with Crippen molar-refractivity contribution >= 4 is 5.97 Å². The summed E-state index contributed by atoms with van der Waals surface area (Å²) in [5.41, 5.74) is 0. The van der Waals surface area contributed by atoms with Gasteiger partial charge in [0.25, 0.3) is 0 Å². The third-order valence-electron chi connectivity index (χ3n) is 2.86. The number of hydrogen-bond acceptors (Lipinski definition) is 6.